The van der Waals surface area contributed by atoms with Crippen LogP contribution in [0.2, 0.25) is 0 Å². The van der Waals surface area contributed by atoms with E-state index < -0.39 is 11.2 Å². The highest BCUT2D eigenvalue weighted by Gasteiger charge is 2.27. The van der Waals surface area contributed by atoms with Crippen LogP contribution < -0.4 is 0 Å². The average molecular weight is 315 g/mol. The van der Waals surface area contributed by atoms with Gasteiger partial charge in [-0.1, -0.05) is 0 Å². The van der Waals surface area contributed by atoms with E-state index in [1.54, 1.807) is 4.90 Å². The largest absolute Gasteiger partial charge is 0.458 e. The van der Waals surface area contributed by atoms with Crippen molar-refractivity contribution < 1.29 is 23.8 Å². The molecule has 1 aliphatic heterocycles. The highest BCUT2D eigenvalue weighted by atomic mass is 16.6. The van der Waals surface area contributed by atoms with Crippen LogP contribution in [0.5, 0.6) is 0 Å². The molecule has 0 unspecified atom stereocenters. The molecule has 0 bridgehead atoms. The molecule has 22 heavy (non-hydrogen) atoms. The summed E-state index contributed by atoms with van der Waals surface area (Å²) in [4.78, 5) is 25.2. The Morgan fingerprint density at radius 1 is 0.955 bits per heavy atom. The Hall–Kier alpha value is -1.30. The van der Waals surface area contributed by atoms with E-state index in [-0.39, 0.29) is 24.8 Å². The van der Waals surface area contributed by atoms with Crippen molar-refractivity contribution in [1.29, 1.82) is 0 Å². The second-order valence-electron chi connectivity index (χ2n) is 7.56. The first-order valence-corrected chi connectivity index (χ1v) is 7.78. The highest BCUT2D eigenvalue weighted by Crippen LogP contribution is 2.17. The van der Waals surface area contributed by atoms with Crippen molar-refractivity contribution in [3.63, 3.8) is 0 Å². The molecule has 0 aromatic heterocycles. The smallest absolute Gasteiger partial charge is 0.410 e. The third kappa shape index (κ3) is 7.64. The SMILES string of the molecule is CC(C)(C)OC(=O)COC1CCN(C(=O)OC(C)(C)C)CC1. The Kier molecular flexibility index (Phi) is 6.23. The molecular weight excluding hydrogens is 286 g/mol. The fraction of sp³-hybridized carbons (Fsp3) is 0.875. The van der Waals surface area contributed by atoms with Crippen molar-refractivity contribution in [3.8, 4) is 0 Å². The quantitative estimate of drug-likeness (QED) is 0.749. The minimum atomic E-state index is -0.499. The number of carbonyl (C=O) groups is 2. The highest BCUT2D eigenvalue weighted by molar-refractivity contribution is 5.71. The van der Waals surface area contributed by atoms with Gasteiger partial charge in [-0.25, -0.2) is 9.59 Å². The summed E-state index contributed by atoms with van der Waals surface area (Å²) in [6.07, 6.45) is 1.08. The first-order chi connectivity index (χ1) is 9.96. The number of amides is 1. The molecule has 0 radical (unpaired) electrons. The first kappa shape index (κ1) is 18.7. The van der Waals surface area contributed by atoms with E-state index in [4.69, 9.17) is 14.2 Å². The molecule has 0 saturated carbocycles. The Morgan fingerprint density at radius 2 is 1.45 bits per heavy atom. The zero-order valence-electron chi connectivity index (χ0n) is 14.6. The zero-order chi connectivity index (χ0) is 17.0. The summed E-state index contributed by atoms with van der Waals surface area (Å²) in [5.41, 5.74) is -0.984. The lowest BCUT2D eigenvalue weighted by Crippen LogP contribution is -2.43. The number of hydrogen-bond donors (Lipinski definition) is 0. The van der Waals surface area contributed by atoms with Crippen LogP contribution in [0, 0.1) is 0 Å². The van der Waals surface area contributed by atoms with Gasteiger partial charge in [0, 0.05) is 13.1 Å². The second kappa shape index (κ2) is 7.31. The number of rotatable bonds is 3. The third-order valence-electron chi connectivity index (χ3n) is 2.95. The van der Waals surface area contributed by atoms with E-state index >= 15 is 0 Å². The molecule has 128 valence electrons. The van der Waals surface area contributed by atoms with Crippen molar-refractivity contribution in [3.05, 3.63) is 0 Å². The van der Waals surface area contributed by atoms with Gasteiger partial charge in [0.2, 0.25) is 0 Å². The average Bonchev–Trinajstić information content (AvgIpc) is 2.33. The Balaban J connectivity index is 2.28. The van der Waals surface area contributed by atoms with E-state index in [0.717, 1.165) is 0 Å². The molecule has 0 aromatic rings. The lowest BCUT2D eigenvalue weighted by atomic mass is 10.1. The van der Waals surface area contributed by atoms with Crippen molar-refractivity contribution in [2.75, 3.05) is 19.7 Å². The molecule has 6 nitrogen and oxygen atoms in total. The molecular formula is C16H29NO5. The van der Waals surface area contributed by atoms with Crippen molar-refractivity contribution in [2.24, 2.45) is 0 Å². The Bertz CT molecular complexity index is 386. The molecule has 1 aliphatic rings. The number of ether oxygens (including phenoxy) is 3. The number of piperidine rings is 1. The van der Waals surface area contributed by atoms with Crippen LogP contribution in [-0.2, 0) is 19.0 Å². The second-order valence-corrected chi connectivity index (χ2v) is 7.56. The van der Waals surface area contributed by atoms with Crippen LogP contribution >= 0.6 is 0 Å². The van der Waals surface area contributed by atoms with Crippen LogP contribution in [0.1, 0.15) is 54.4 Å². The van der Waals surface area contributed by atoms with Crippen LogP contribution in [0.25, 0.3) is 0 Å². The molecule has 0 aromatic carbocycles. The maximum Gasteiger partial charge on any atom is 0.410 e. The van der Waals surface area contributed by atoms with Gasteiger partial charge in [0.15, 0.2) is 0 Å². The maximum atomic E-state index is 11.9. The first-order valence-electron chi connectivity index (χ1n) is 7.78. The Labute approximate surface area is 133 Å². The van der Waals surface area contributed by atoms with Gasteiger partial charge in [-0.2, -0.15) is 0 Å². The van der Waals surface area contributed by atoms with E-state index in [2.05, 4.69) is 0 Å². The number of likely N-dealkylation sites (tertiary alicyclic amines) is 1. The van der Waals surface area contributed by atoms with Gasteiger partial charge in [-0.3, -0.25) is 0 Å². The monoisotopic (exact) mass is 315 g/mol. The van der Waals surface area contributed by atoms with Crippen LogP contribution in [0.3, 0.4) is 0 Å². The molecule has 1 fully saturated rings. The normalized spacial score (nSPS) is 17.3. The van der Waals surface area contributed by atoms with E-state index in [1.165, 1.54) is 0 Å². The fourth-order valence-corrected chi connectivity index (χ4v) is 2.09. The molecule has 1 rings (SSSR count). The molecule has 1 saturated heterocycles. The van der Waals surface area contributed by atoms with Gasteiger partial charge in [0.1, 0.15) is 17.8 Å². The molecule has 1 amide bonds. The molecule has 0 spiro atoms. The summed E-state index contributed by atoms with van der Waals surface area (Å²) in [6, 6.07) is 0. The van der Waals surface area contributed by atoms with Crippen LogP contribution in [0.4, 0.5) is 4.79 Å². The predicted molar refractivity (Wildman–Crippen MR) is 82.6 cm³/mol. The summed E-state index contributed by atoms with van der Waals surface area (Å²) in [5.74, 6) is -0.359. The summed E-state index contributed by atoms with van der Waals surface area (Å²) < 4.78 is 16.1. The summed E-state index contributed by atoms with van der Waals surface area (Å²) >= 11 is 0. The molecule has 0 aliphatic carbocycles. The predicted octanol–water partition coefficient (Wildman–Crippen LogP) is 2.74. The summed E-state index contributed by atoms with van der Waals surface area (Å²) in [5, 5.41) is 0. The minimum Gasteiger partial charge on any atom is -0.458 e. The number of nitrogens with zero attached hydrogens (tertiary/aromatic N) is 1. The van der Waals surface area contributed by atoms with Gasteiger partial charge in [0.05, 0.1) is 6.10 Å². The third-order valence-corrected chi connectivity index (χ3v) is 2.95. The van der Waals surface area contributed by atoms with Crippen molar-refractivity contribution >= 4 is 12.1 Å². The van der Waals surface area contributed by atoms with E-state index in [0.29, 0.717) is 25.9 Å². The number of esters is 1. The standard InChI is InChI=1S/C16H29NO5/c1-15(2,3)21-13(18)11-20-12-7-9-17(10-8-12)14(19)22-16(4,5)6/h12H,7-11H2,1-6H3. The van der Waals surface area contributed by atoms with Crippen LogP contribution in [0.15, 0.2) is 0 Å². The topological polar surface area (TPSA) is 65.1 Å². The lowest BCUT2D eigenvalue weighted by Gasteiger charge is -2.33. The number of carbonyl (C=O) groups excluding carboxylic acids is 2. The van der Waals surface area contributed by atoms with Gasteiger partial charge < -0.3 is 19.1 Å². The number of hydrogen-bond acceptors (Lipinski definition) is 5. The molecule has 0 N–H and O–H groups in total. The van der Waals surface area contributed by atoms with Gasteiger partial charge >= 0.3 is 12.1 Å². The maximum absolute atomic E-state index is 11.9. The van der Waals surface area contributed by atoms with Crippen molar-refractivity contribution in [2.45, 2.75) is 71.7 Å². The molecule has 6 heteroatoms. The minimum absolute atomic E-state index is 0.0220. The van der Waals surface area contributed by atoms with Crippen molar-refractivity contribution in [1.82, 2.24) is 4.90 Å². The summed E-state index contributed by atoms with van der Waals surface area (Å²) in [6.45, 7) is 12.1. The van der Waals surface area contributed by atoms with Gasteiger partial charge in [0.25, 0.3) is 0 Å². The Morgan fingerprint density at radius 3 is 1.91 bits per heavy atom. The van der Waals surface area contributed by atoms with Crippen LogP contribution in [-0.4, -0.2) is 54.0 Å². The zero-order valence-corrected chi connectivity index (χ0v) is 14.6. The lowest BCUT2D eigenvalue weighted by molar-refractivity contribution is -0.163. The summed E-state index contributed by atoms with van der Waals surface area (Å²) in [7, 11) is 0. The molecule has 0 atom stereocenters. The fourth-order valence-electron chi connectivity index (χ4n) is 2.09. The van der Waals surface area contributed by atoms with Gasteiger partial charge in [-0.05, 0) is 54.4 Å². The van der Waals surface area contributed by atoms with Gasteiger partial charge in [-0.15, -0.1) is 0 Å². The molecule has 1 heterocycles. The van der Waals surface area contributed by atoms with E-state index in [9.17, 15) is 9.59 Å². The van der Waals surface area contributed by atoms with E-state index in [1.807, 2.05) is 41.5 Å².